The molecule has 1 N–H and O–H groups in total. The summed E-state index contributed by atoms with van der Waals surface area (Å²) in [5.74, 6) is 1.01. The van der Waals surface area contributed by atoms with Gasteiger partial charge in [0.25, 0.3) is 0 Å². The van der Waals surface area contributed by atoms with E-state index in [0.29, 0.717) is 0 Å². The van der Waals surface area contributed by atoms with E-state index >= 15 is 0 Å². The molecule has 0 bridgehead atoms. The van der Waals surface area contributed by atoms with E-state index in [1.54, 1.807) is 6.33 Å². The predicted molar refractivity (Wildman–Crippen MR) is 66.1 cm³/mol. The molecule has 0 aliphatic rings. The minimum atomic E-state index is 0.825. The first-order valence-corrected chi connectivity index (χ1v) is 6.38. The van der Waals surface area contributed by atoms with Gasteiger partial charge in [0.15, 0.2) is 0 Å². The van der Waals surface area contributed by atoms with Crippen LogP contribution in [0.3, 0.4) is 0 Å². The molecule has 0 spiro atoms. The third-order valence-corrected chi connectivity index (χ3v) is 2.80. The van der Waals surface area contributed by atoms with Crippen molar-refractivity contribution in [2.24, 2.45) is 7.05 Å². The molecule has 0 aromatic carbocycles. The highest BCUT2D eigenvalue weighted by Gasteiger charge is 1.98. The van der Waals surface area contributed by atoms with E-state index in [4.69, 9.17) is 0 Å². The highest BCUT2D eigenvalue weighted by atomic mass is 15.3. The first-order chi connectivity index (χ1) is 7.84. The largest absolute Gasteiger partial charge is 0.310 e. The molecule has 0 atom stereocenters. The third kappa shape index (κ3) is 5.26. The Morgan fingerprint density at radius 2 is 1.94 bits per heavy atom. The lowest BCUT2D eigenvalue weighted by Gasteiger charge is -2.04. The van der Waals surface area contributed by atoms with Gasteiger partial charge in [-0.3, -0.25) is 4.68 Å². The fraction of sp³-hybridized carbons (Fsp3) is 0.833. The molecule has 1 aromatic rings. The monoisotopic (exact) mass is 224 g/mol. The van der Waals surface area contributed by atoms with Gasteiger partial charge in [0.1, 0.15) is 12.2 Å². The van der Waals surface area contributed by atoms with Gasteiger partial charge in [-0.15, -0.1) is 0 Å². The van der Waals surface area contributed by atoms with Crippen molar-refractivity contribution in [2.45, 2.75) is 52.0 Å². The zero-order valence-electron chi connectivity index (χ0n) is 10.6. The van der Waals surface area contributed by atoms with Crippen LogP contribution < -0.4 is 5.32 Å². The standard InChI is InChI=1S/C12H24N4/c1-3-4-5-6-7-8-9-13-10-12-14-11-15-16(12)2/h11,13H,3-10H2,1-2H3. The lowest BCUT2D eigenvalue weighted by atomic mass is 10.1. The number of hydrogen-bond donors (Lipinski definition) is 1. The molecule has 0 radical (unpaired) electrons. The number of nitrogens with one attached hydrogen (secondary N) is 1. The summed E-state index contributed by atoms with van der Waals surface area (Å²) < 4.78 is 1.81. The maximum absolute atomic E-state index is 4.16. The van der Waals surface area contributed by atoms with Crippen molar-refractivity contribution >= 4 is 0 Å². The van der Waals surface area contributed by atoms with E-state index in [0.717, 1.165) is 18.9 Å². The predicted octanol–water partition coefficient (Wildman–Crippen LogP) is 2.27. The van der Waals surface area contributed by atoms with Gasteiger partial charge in [-0.25, -0.2) is 4.98 Å². The Morgan fingerprint density at radius 1 is 1.19 bits per heavy atom. The van der Waals surface area contributed by atoms with E-state index in [1.165, 1.54) is 38.5 Å². The molecule has 1 rings (SSSR count). The highest BCUT2D eigenvalue weighted by Crippen LogP contribution is 2.04. The van der Waals surface area contributed by atoms with Gasteiger partial charge >= 0.3 is 0 Å². The summed E-state index contributed by atoms with van der Waals surface area (Å²) in [6.45, 7) is 4.16. The molecule has 1 heterocycles. The van der Waals surface area contributed by atoms with Crippen molar-refractivity contribution in [3.05, 3.63) is 12.2 Å². The molecule has 1 aromatic heterocycles. The lowest BCUT2D eigenvalue weighted by Crippen LogP contribution is -2.17. The fourth-order valence-electron chi connectivity index (χ4n) is 1.71. The summed E-state index contributed by atoms with van der Waals surface area (Å²) in [6.07, 6.45) is 9.67. The van der Waals surface area contributed by atoms with E-state index < -0.39 is 0 Å². The summed E-state index contributed by atoms with van der Waals surface area (Å²) in [7, 11) is 1.93. The van der Waals surface area contributed by atoms with Crippen LogP contribution in [-0.2, 0) is 13.6 Å². The van der Waals surface area contributed by atoms with Crippen LogP contribution in [0.1, 0.15) is 51.3 Å². The lowest BCUT2D eigenvalue weighted by molar-refractivity contribution is 0.555. The normalized spacial score (nSPS) is 10.9. The van der Waals surface area contributed by atoms with Gasteiger partial charge < -0.3 is 5.32 Å². The van der Waals surface area contributed by atoms with Crippen LogP contribution >= 0.6 is 0 Å². The number of nitrogens with zero attached hydrogens (tertiary/aromatic N) is 3. The van der Waals surface area contributed by atoms with E-state index in [9.17, 15) is 0 Å². The highest BCUT2D eigenvalue weighted by molar-refractivity contribution is 4.81. The molecule has 4 nitrogen and oxygen atoms in total. The summed E-state index contributed by atoms with van der Waals surface area (Å²) >= 11 is 0. The minimum Gasteiger partial charge on any atom is -0.310 e. The molecule has 0 fully saturated rings. The van der Waals surface area contributed by atoms with Crippen LogP contribution in [0.25, 0.3) is 0 Å². The van der Waals surface area contributed by atoms with Crippen molar-refractivity contribution in [3.63, 3.8) is 0 Å². The van der Waals surface area contributed by atoms with Crippen molar-refractivity contribution in [1.82, 2.24) is 20.1 Å². The second-order valence-corrected chi connectivity index (χ2v) is 4.24. The number of aryl methyl sites for hydroxylation is 1. The van der Waals surface area contributed by atoms with Gasteiger partial charge in [-0.2, -0.15) is 5.10 Å². The quantitative estimate of drug-likeness (QED) is 0.654. The first kappa shape index (κ1) is 13.2. The molecule has 4 heteroatoms. The van der Waals surface area contributed by atoms with Gasteiger partial charge in [-0.05, 0) is 13.0 Å². The van der Waals surface area contributed by atoms with Crippen LogP contribution in [0.5, 0.6) is 0 Å². The van der Waals surface area contributed by atoms with Crippen molar-refractivity contribution in [1.29, 1.82) is 0 Å². The van der Waals surface area contributed by atoms with Crippen molar-refractivity contribution in [3.8, 4) is 0 Å². The van der Waals surface area contributed by atoms with Gasteiger partial charge in [0.05, 0.1) is 6.54 Å². The molecule has 0 aliphatic carbocycles. The molecular weight excluding hydrogens is 200 g/mol. The summed E-state index contributed by atoms with van der Waals surface area (Å²) in [5.41, 5.74) is 0. The second kappa shape index (κ2) is 8.28. The molecule has 0 saturated heterocycles. The van der Waals surface area contributed by atoms with Crippen LogP contribution in [0, 0.1) is 0 Å². The Kier molecular flexibility index (Phi) is 6.81. The first-order valence-electron chi connectivity index (χ1n) is 6.38. The van der Waals surface area contributed by atoms with Gasteiger partial charge in [0.2, 0.25) is 0 Å². The smallest absolute Gasteiger partial charge is 0.140 e. The number of rotatable bonds is 9. The Hall–Kier alpha value is -0.900. The molecular formula is C12H24N4. The number of hydrogen-bond acceptors (Lipinski definition) is 3. The second-order valence-electron chi connectivity index (χ2n) is 4.24. The molecule has 0 saturated carbocycles. The Bertz CT molecular complexity index is 270. The number of aromatic nitrogens is 3. The minimum absolute atomic E-state index is 0.825. The van der Waals surface area contributed by atoms with Gasteiger partial charge in [0, 0.05) is 7.05 Å². The third-order valence-electron chi connectivity index (χ3n) is 2.80. The summed E-state index contributed by atoms with van der Waals surface area (Å²) in [6, 6.07) is 0. The Labute approximate surface area is 98.5 Å². The Balaban J connectivity index is 1.91. The maximum atomic E-state index is 4.16. The molecule has 16 heavy (non-hydrogen) atoms. The molecule has 0 unspecified atom stereocenters. The molecule has 92 valence electrons. The fourth-order valence-corrected chi connectivity index (χ4v) is 1.71. The number of unbranched alkanes of at least 4 members (excludes halogenated alkanes) is 5. The zero-order valence-corrected chi connectivity index (χ0v) is 10.6. The summed E-state index contributed by atoms with van der Waals surface area (Å²) in [5, 5.41) is 7.43. The summed E-state index contributed by atoms with van der Waals surface area (Å²) in [4.78, 5) is 4.16. The van der Waals surface area contributed by atoms with Crippen LogP contribution in [0.15, 0.2) is 6.33 Å². The van der Waals surface area contributed by atoms with Crippen molar-refractivity contribution < 1.29 is 0 Å². The SMILES string of the molecule is CCCCCCCCNCc1ncnn1C. The molecule has 0 aliphatic heterocycles. The average Bonchev–Trinajstić information content (AvgIpc) is 2.68. The average molecular weight is 224 g/mol. The topological polar surface area (TPSA) is 42.7 Å². The van der Waals surface area contributed by atoms with E-state index in [2.05, 4.69) is 22.3 Å². The van der Waals surface area contributed by atoms with Crippen LogP contribution in [-0.4, -0.2) is 21.3 Å². The zero-order chi connectivity index (χ0) is 11.6. The van der Waals surface area contributed by atoms with Crippen molar-refractivity contribution in [2.75, 3.05) is 6.54 Å². The van der Waals surface area contributed by atoms with E-state index in [-0.39, 0.29) is 0 Å². The maximum Gasteiger partial charge on any atom is 0.140 e. The van der Waals surface area contributed by atoms with Crippen LogP contribution in [0.2, 0.25) is 0 Å². The van der Waals surface area contributed by atoms with Crippen LogP contribution in [0.4, 0.5) is 0 Å². The Morgan fingerprint density at radius 3 is 2.62 bits per heavy atom. The van der Waals surface area contributed by atoms with E-state index in [1.807, 2.05) is 11.7 Å². The van der Waals surface area contributed by atoms with Gasteiger partial charge in [-0.1, -0.05) is 39.0 Å². The molecule has 0 amide bonds.